The maximum atomic E-state index is 11.2. The number of esters is 1. The van der Waals surface area contributed by atoms with Crippen molar-refractivity contribution >= 4 is 16.9 Å². The largest absolute Gasteiger partial charge is 0.464 e. The monoisotopic (exact) mass is 199 g/mol. The SMILES string of the molecule is C#Cc1ccc2[nH]c(C(=O)OC)cc2c1. The first-order valence-electron chi connectivity index (χ1n) is 4.42. The van der Waals surface area contributed by atoms with Crippen LogP contribution in [0.25, 0.3) is 10.9 Å². The minimum absolute atomic E-state index is 0.381. The van der Waals surface area contributed by atoms with E-state index in [-0.39, 0.29) is 5.97 Å². The maximum Gasteiger partial charge on any atom is 0.354 e. The molecule has 0 saturated carbocycles. The summed E-state index contributed by atoms with van der Waals surface area (Å²) >= 11 is 0. The van der Waals surface area contributed by atoms with Gasteiger partial charge < -0.3 is 9.72 Å². The van der Waals surface area contributed by atoms with Crippen LogP contribution in [0.4, 0.5) is 0 Å². The molecule has 0 aliphatic rings. The zero-order valence-electron chi connectivity index (χ0n) is 8.20. The molecule has 0 fully saturated rings. The fraction of sp³-hybridized carbons (Fsp3) is 0.0833. The van der Waals surface area contributed by atoms with Crippen LogP contribution in [0.2, 0.25) is 0 Å². The van der Waals surface area contributed by atoms with Gasteiger partial charge in [-0.1, -0.05) is 5.92 Å². The molecule has 3 heteroatoms. The molecule has 1 N–H and O–H groups in total. The highest BCUT2D eigenvalue weighted by molar-refractivity contribution is 5.95. The smallest absolute Gasteiger partial charge is 0.354 e. The number of benzene rings is 1. The zero-order valence-corrected chi connectivity index (χ0v) is 8.20. The fourth-order valence-corrected chi connectivity index (χ4v) is 1.44. The summed E-state index contributed by atoms with van der Waals surface area (Å²) in [5.74, 6) is 2.16. The predicted molar refractivity (Wildman–Crippen MR) is 57.6 cm³/mol. The lowest BCUT2D eigenvalue weighted by molar-refractivity contribution is 0.0595. The Morgan fingerprint density at radius 1 is 1.47 bits per heavy atom. The Morgan fingerprint density at radius 3 is 2.93 bits per heavy atom. The van der Waals surface area contributed by atoms with E-state index >= 15 is 0 Å². The van der Waals surface area contributed by atoms with Gasteiger partial charge in [-0.05, 0) is 24.3 Å². The molecule has 74 valence electrons. The molecule has 0 radical (unpaired) electrons. The van der Waals surface area contributed by atoms with Gasteiger partial charge in [-0.2, -0.15) is 0 Å². The summed E-state index contributed by atoms with van der Waals surface area (Å²) in [7, 11) is 1.35. The van der Waals surface area contributed by atoms with Gasteiger partial charge in [0.15, 0.2) is 0 Å². The molecule has 1 heterocycles. The van der Waals surface area contributed by atoms with Crippen molar-refractivity contribution in [3.05, 3.63) is 35.5 Å². The summed E-state index contributed by atoms with van der Waals surface area (Å²) in [4.78, 5) is 14.2. The normalized spacial score (nSPS) is 9.87. The number of aromatic amines is 1. The quantitative estimate of drug-likeness (QED) is 0.563. The summed E-state index contributed by atoms with van der Waals surface area (Å²) in [5, 5.41) is 0.908. The van der Waals surface area contributed by atoms with Crippen LogP contribution in [0, 0.1) is 12.3 Å². The number of hydrogen-bond donors (Lipinski definition) is 1. The highest BCUT2D eigenvalue weighted by atomic mass is 16.5. The number of terminal acetylenes is 1. The van der Waals surface area contributed by atoms with Crippen LogP contribution < -0.4 is 0 Å². The van der Waals surface area contributed by atoms with Gasteiger partial charge in [0.05, 0.1) is 7.11 Å². The number of methoxy groups -OCH3 is 1. The molecule has 3 nitrogen and oxygen atoms in total. The first kappa shape index (κ1) is 9.35. The molecule has 0 atom stereocenters. The van der Waals surface area contributed by atoms with Gasteiger partial charge in [0, 0.05) is 16.5 Å². The second-order valence-corrected chi connectivity index (χ2v) is 3.12. The van der Waals surface area contributed by atoms with Crippen molar-refractivity contribution < 1.29 is 9.53 Å². The lowest BCUT2D eigenvalue weighted by Gasteiger charge is -1.92. The Bertz CT molecular complexity index is 560. The van der Waals surface area contributed by atoms with E-state index in [2.05, 4.69) is 15.6 Å². The van der Waals surface area contributed by atoms with Gasteiger partial charge >= 0.3 is 5.97 Å². The fourth-order valence-electron chi connectivity index (χ4n) is 1.44. The standard InChI is InChI=1S/C12H9NO2/c1-3-8-4-5-10-9(6-8)7-11(13-10)12(14)15-2/h1,4-7,13H,2H3. The molecule has 2 rings (SSSR count). The molecule has 1 aromatic heterocycles. The number of hydrogen-bond acceptors (Lipinski definition) is 2. The van der Waals surface area contributed by atoms with Crippen molar-refractivity contribution in [2.45, 2.75) is 0 Å². The number of fused-ring (bicyclic) bond motifs is 1. The number of carbonyl (C=O) groups is 1. The average molecular weight is 199 g/mol. The maximum absolute atomic E-state index is 11.2. The number of H-pyrrole nitrogens is 1. The van der Waals surface area contributed by atoms with Gasteiger partial charge in [-0.25, -0.2) is 4.79 Å². The molecule has 0 amide bonds. The summed E-state index contributed by atoms with van der Waals surface area (Å²) in [6, 6.07) is 7.23. The van der Waals surface area contributed by atoms with Gasteiger partial charge in [-0.3, -0.25) is 0 Å². The molecular formula is C12H9NO2. The van der Waals surface area contributed by atoms with E-state index in [1.54, 1.807) is 6.07 Å². The van der Waals surface area contributed by atoms with Gasteiger partial charge in [0.2, 0.25) is 0 Å². The van der Waals surface area contributed by atoms with Crippen LogP contribution in [0.1, 0.15) is 16.1 Å². The molecule has 1 aromatic carbocycles. The summed E-state index contributed by atoms with van der Waals surface area (Å²) in [6.45, 7) is 0. The van der Waals surface area contributed by atoms with E-state index in [9.17, 15) is 4.79 Å². The number of ether oxygens (including phenoxy) is 1. The minimum atomic E-state index is -0.381. The Hall–Kier alpha value is -2.21. The third-order valence-electron chi connectivity index (χ3n) is 2.19. The van der Waals surface area contributed by atoms with Crippen LogP contribution in [0.3, 0.4) is 0 Å². The van der Waals surface area contributed by atoms with Crippen LogP contribution in [0.15, 0.2) is 24.3 Å². The first-order chi connectivity index (χ1) is 7.24. The van der Waals surface area contributed by atoms with E-state index in [0.717, 1.165) is 16.5 Å². The van der Waals surface area contributed by atoms with E-state index < -0.39 is 0 Å². The second-order valence-electron chi connectivity index (χ2n) is 3.12. The van der Waals surface area contributed by atoms with E-state index in [1.165, 1.54) is 7.11 Å². The van der Waals surface area contributed by atoms with Crippen LogP contribution in [-0.2, 0) is 4.74 Å². The summed E-state index contributed by atoms with van der Waals surface area (Å²) in [5.41, 5.74) is 2.09. The number of rotatable bonds is 1. The molecular weight excluding hydrogens is 190 g/mol. The Labute approximate surface area is 87.1 Å². The van der Waals surface area contributed by atoms with Gasteiger partial charge in [0.25, 0.3) is 0 Å². The molecule has 0 unspecified atom stereocenters. The van der Waals surface area contributed by atoms with Crippen molar-refractivity contribution in [3.8, 4) is 12.3 Å². The molecule has 0 bridgehead atoms. The topological polar surface area (TPSA) is 42.1 Å². The molecule has 0 spiro atoms. The highest BCUT2D eigenvalue weighted by Crippen LogP contribution is 2.17. The summed E-state index contributed by atoms with van der Waals surface area (Å²) in [6.07, 6.45) is 5.28. The molecule has 0 saturated heterocycles. The van der Waals surface area contributed by atoms with Gasteiger partial charge in [0.1, 0.15) is 5.69 Å². The second kappa shape index (κ2) is 3.50. The zero-order chi connectivity index (χ0) is 10.8. The third-order valence-corrected chi connectivity index (χ3v) is 2.19. The van der Waals surface area contributed by atoms with Crippen molar-refractivity contribution in [1.29, 1.82) is 0 Å². The van der Waals surface area contributed by atoms with Crippen molar-refractivity contribution in [2.24, 2.45) is 0 Å². The van der Waals surface area contributed by atoms with Crippen LogP contribution >= 0.6 is 0 Å². The Balaban J connectivity index is 2.57. The van der Waals surface area contributed by atoms with E-state index in [0.29, 0.717) is 5.69 Å². The van der Waals surface area contributed by atoms with Gasteiger partial charge in [-0.15, -0.1) is 6.42 Å². The molecule has 2 aromatic rings. The Kier molecular flexibility index (Phi) is 2.18. The van der Waals surface area contributed by atoms with E-state index in [1.807, 2.05) is 18.2 Å². The van der Waals surface area contributed by atoms with E-state index in [4.69, 9.17) is 6.42 Å². The van der Waals surface area contributed by atoms with Crippen LogP contribution in [0.5, 0.6) is 0 Å². The molecule has 0 aliphatic heterocycles. The van der Waals surface area contributed by atoms with Crippen LogP contribution in [-0.4, -0.2) is 18.1 Å². The third kappa shape index (κ3) is 1.57. The molecule has 0 aliphatic carbocycles. The first-order valence-corrected chi connectivity index (χ1v) is 4.42. The van der Waals surface area contributed by atoms with Crippen molar-refractivity contribution in [3.63, 3.8) is 0 Å². The number of aromatic nitrogens is 1. The minimum Gasteiger partial charge on any atom is -0.464 e. The molecule has 15 heavy (non-hydrogen) atoms. The Morgan fingerprint density at radius 2 is 2.27 bits per heavy atom. The lowest BCUT2D eigenvalue weighted by atomic mass is 10.2. The highest BCUT2D eigenvalue weighted by Gasteiger charge is 2.08. The lowest BCUT2D eigenvalue weighted by Crippen LogP contribution is -2.00. The predicted octanol–water partition coefficient (Wildman–Crippen LogP) is 1.94. The van der Waals surface area contributed by atoms with Crippen molar-refractivity contribution in [1.82, 2.24) is 4.98 Å². The summed E-state index contributed by atoms with van der Waals surface area (Å²) < 4.78 is 4.61. The average Bonchev–Trinajstić information content (AvgIpc) is 2.70. The number of carbonyl (C=O) groups excluding carboxylic acids is 1. The van der Waals surface area contributed by atoms with Crippen molar-refractivity contribution in [2.75, 3.05) is 7.11 Å². The number of nitrogens with one attached hydrogen (secondary N) is 1.